The minimum atomic E-state index is -0.339. The molecular formula is C24H30N4OS. The minimum Gasteiger partial charge on any atom is -0.352 e. The summed E-state index contributed by atoms with van der Waals surface area (Å²) in [5.74, 6) is 2.11. The highest BCUT2D eigenvalue weighted by Crippen LogP contribution is 2.35. The van der Waals surface area contributed by atoms with E-state index >= 15 is 0 Å². The van der Waals surface area contributed by atoms with E-state index in [1.54, 1.807) is 11.3 Å². The van der Waals surface area contributed by atoms with Gasteiger partial charge in [-0.1, -0.05) is 51.1 Å². The molecule has 0 N–H and O–H groups in total. The van der Waals surface area contributed by atoms with Crippen LogP contribution in [0.25, 0.3) is 10.2 Å². The quantitative estimate of drug-likeness (QED) is 0.619. The fourth-order valence-corrected chi connectivity index (χ4v) is 5.00. The van der Waals surface area contributed by atoms with Gasteiger partial charge in [0.2, 0.25) is 5.91 Å². The van der Waals surface area contributed by atoms with Crippen LogP contribution in [0.4, 0.5) is 5.82 Å². The van der Waals surface area contributed by atoms with Gasteiger partial charge in [-0.3, -0.25) is 4.79 Å². The van der Waals surface area contributed by atoms with E-state index in [2.05, 4.69) is 43.0 Å². The minimum absolute atomic E-state index is 0.224. The Morgan fingerprint density at radius 3 is 2.33 bits per heavy atom. The van der Waals surface area contributed by atoms with Crippen molar-refractivity contribution < 1.29 is 4.79 Å². The molecule has 1 fully saturated rings. The van der Waals surface area contributed by atoms with Crippen LogP contribution in [0.15, 0.2) is 30.3 Å². The number of benzene rings is 1. The van der Waals surface area contributed by atoms with Gasteiger partial charge < -0.3 is 9.80 Å². The van der Waals surface area contributed by atoms with E-state index < -0.39 is 0 Å². The van der Waals surface area contributed by atoms with Crippen LogP contribution in [0, 0.1) is 19.3 Å². The lowest BCUT2D eigenvalue weighted by Crippen LogP contribution is -2.52. The van der Waals surface area contributed by atoms with Crippen molar-refractivity contribution in [3.8, 4) is 0 Å². The van der Waals surface area contributed by atoms with Crippen LogP contribution in [-0.2, 0) is 11.2 Å². The summed E-state index contributed by atoms with van der Waals surface area (Å²) in [7, 11) is 0. The summed E-state index contributed by atoms with van der Waals surface area (Å²) < 4.78 is 0. The largest absolute Gasteiger partial charge is 0.352 e. The zero-order chi connectivity index (χ0) is 21.5. The number of carbonyl (C=O) groups excluding carboxylic acids is 1. The zero-order valence-electron chi connectivity index (χ0n) is 18.5. The SMILES string of the molecule is Cc1sc2nc(Cc3ccccc3)nc(N3CCN(C(=O)C(C)(C)C)CC3)c2c1C. The summed E-state index contributed by atoms with van der Waals surface area (Å²) in [5.41, 5.74) is 2.15. The van der Waals surface area contributed by atoms with E-state index in [1.807, 2.05) is 31.7 Å². The smallest absolute Gasteiger partial charge is 0.228 e. The summed E-state index contributed by atoms with van der Waals surface area (Å²) in [6, 6.07) is 10.4. The summed E-state index contributed by atoms with van der Waals surface area (Å²) in [6.07, 6.45) is 0.724. The highest BCUT2D eigenvalue weighted by Gasteiger charge is 2.31. The maximum atomic E-state index is 12.7. The van der Waals surface area contributed by atoms with Crippen molar-refractivity contribution in [1.29, 1.82) is 0 Å². The second-order valence-corrected chi connectivity index (χ2v) is 10.3. The van der Waals surface area contributed by atoms with Crippen molar-refractivity contribution in [1.82, 2.24) is 14.9 Å². The van der Waals surface area contributed by atoms with Crippen LogP contribution in [0.1, 0.15) is 42.6 Å². The maximum Gasteiger partial charge on any atom is 0.228 e. The second-order valence-electron chi connectivity index (χ2n) is 9.12. The molecule has 1 amide bonds. The Hall–Kier alpha value is -2.47. The maximum absolute atomic E-state index is 12.7. The number of nitrogens with zero attached hydrogens (tertiary/aromatic N) is 4. The molecule has 6 heteroatoms. The molecule has 0 aliphatic carbocycles. The van der Waals surface area contributed by atoms with Gasteiger partial charge in [0.1, 0.15) is 16.5 Å². The second kappa shape index (κ2) is 7.99. The molecule has 5 nitrogen and oxygen atoms in total. The number of hydrogen-bond acceptors (Lipinski definition) is 5. The Labute approximate surface area is 182 Å². The number of rotatable bonds is 3. The van der Waals surface area contributed by atoms with E-state index in [1.165, 1.54) is 21.4 Å². The number of hydrogen-bond donors (Lipinski definition) is 0. The molecule has 1 aliphatic rings. The average Bonchev–Trinajstić information content (AvgIpc) is 3.01. The lowest BCUT2D eigenvalue weighted by atomic mass is 9.94. The fourth-order valence-electron chi connectivity index (χ4n) is 3.95. The van der Waals surface area contributed by atoms with Gasteiger partial charge in [0.25, 0.3) is 0 Å². The van der Waals surface area contributed by atoms with Crippen molar-refractivity contribution in [2.75, 3.05) is 31.1 Å². The Morgan fingerprint density at radius 2 is 1.70 bits per heavy atom. The van der Waals surface area contributed by atoms with Crippen LogP contribution >= 0.6 is 11.3 Å². The lowest BCUT2D eigenvalue weighted by molar-refractivity contribution is -0.139. The molecule has 0 unspecified atom stereocenters. The Balaban J connectivity index is 1.65. The summed E-state index contributed by atoms with van der Waals surface area (Å²) in [4.78, 5) is 29.3. The van der Waals surface area contributed by atoms with Crippen LogP contribution in [-0.4, -0.2) is 47.0 Å². The third kappa shape index (κ3) is 4.06. The first-order chi connectivity index (χ1) is 14.2. The van der Waals surface area contributed by atoms with Gasteiger partial charge in [-0.25, -0.2) is 9.97 Å². The molecule has 3 heterocycles. The first kappa shape index (κ1) is 20.8. The molecule has 2 aromatic heterocycles. The molecule has 158 valence electrons. The number of carbonyl (C=O) groups is 1. The molecule has 1 aromatic carbocycles. The molecule has 0 saturated carbocycles. The Kier molecular flexibility index (Phi) is 5.53. The molecule has 0 bridgehead atoms. The van der Waals surface area contributed by atoms with Gasteiger partial charge >= 0.3 is 0 Å². The van der Waals surface area contributed by atoms with Crippen molar-refractivity contribution in [2.24, 2.45) is 5.41 Å². The van der Waals surface area contributed by atoms with Gasteiger partial charge in [0.15, 0.2) is 0 Å². The predicted molar refractivity (Wildman–Crippen MR) is 124 cm³/mol. The van der Waals surface area contributed by atoms with Crippen molar-refractivity contribution in [3.05, 3.63) is 52.2 Å². The molecule has 3 aromatic rings. The number of thiophene rings is 1. The third-order valence-electron chi connectivity index (χ3n) is 5.77. The number of aromatic nitrogens is 2. The van der Waals surface area contributed by atoms with E-state index in [9.17, 15) is 4.79 Å². The van der Waals surface area contributed by atoms with E-state index in [-0.39, 0.29) is 11.3 Å². The first-order valence-electron chi connectivity index (χ1n) is 10.6. The van der Waals surface area contributed by atoms with Crippen molar-refractivity contribution >= 4 is 33.3 Å². The average molecular weight is 423 g/mol. The number of anilines is 1. The van der Waals surface area contributed by atoms with Crippen LogP contribution in [0.2, 0.25) is 0 Å². The summed E-state index contributed by atoms with van der Waals surface area (Å²) in [6.45, 7) is 13.4. The van der Waals surface area contributed by atoms with Crippen LogP contribution < -0.4 is 4.90 Å². The van der Waals surface area contributed by atoms with Gasteiger partial charge in [-0.05, 0) is 25.0 Å². The monoisotopic (exact) mass is 422 g/mol. The number of amides is 1. The van der Waals surface area contributed by atoms with Gasteiger partial charge in [0.05, 0.1) is 5.39 Å². The lowest BCUT2D eigenvalue weighted by Gasteiger charge is -2.38. The molecule has 0 atom stereocenters. The fraction of sp³-hybridized carbons (Fsp3) is 0.458. The standard InChI is InChI=1S/C24H30N4OS/c1-16-17(2)30-22-20(16)21(25-19(26-22)15-18-9-7-6-8-10-18)27-11-13-28(14-12-27)23(29)24(3,4)5/h6-10H,11-15H2,1-5H3. The van der Waals surface area contributed by atoms with Crippen LogP contribution in [0.5, 0.6) is 0 Å². The van der Waals surface area contributed by atoms with E-state index in [4.69, 9.17) is 9.97 Å². The van der Waals surface area contributed by atoms with Gasteiger partial charge in [0, 0.05) is 42.9 Å². The highest BCUT2D eigenvalue weighted by atomic mass is 32.1. The molecule has 30 heavy (non-hydrogen) atoms. The number of fused-ring (bicyclic) bond motifs is 1. The zero-order valence-corrected chi connectivity index (χ0v) is 19.3. The molecule has 0 spiro atoms. The van der Waals surface area contributed by atoms with E-state index in [0.717, 1.165) is 49.1 Å². The van der Waals surface area contributed by atoms with Crippen LogP contribution in [0.3, 0.4) is 0 Å². The molecular weight excluding hydrogens is 392 g/mol. The molecule has 4 rings (SSSR count). The number of piperazine rings is 1. The Morgan fingerprint density at radius 1 is 1.03 bits per heavy atom. The van der Waals surface area contributed by atoms with Crippen molar-refractivity contribution in [2.45, 2.75) is 41.0 Å². The van der Waals surface area contributed by atoms with Crippen molar-refractivity contribution in [3.63, 3.8) is 0 Å². The van der Waals surface area contributed by atoms with Gasteiger partial charge in [-0.15, -0.1) is 11.3 Å². The molecule has 1 aliphatic heterocycles. The predicted octanol–water partition coefficient (Wildman–Crippen LogP) is 4.59. The highest BCUT2D eigenvalue weighted by molar-refractivity contribution is 7.18. The normalized spacial score (nSPS) is 15.1. The van der Waals surface area contributed by atoms with Gasteiger partial charge in [-0.2, -0.15) is 0 Å². The molecule has 1 saturated heterocycles. The molecule has 0 radical (unpaired) electrons. The summed E-state index contributed by atoms with van der Waals surface area (Å²) >= 11 is 1.75. The topological polar surface area (TPSA) is 49.3 Å². The summed E-state index contributed by atoms with van der Waals surface area (Å²) in [5, 5.41) is 1.17. The number of aryl methyl sites for hydroxylation is 2. The van der Waals surface area contributed by atoms with E-state index in [0.29, 0.717) is 0 Å². The Bertz CT molecular complexity index is 1060. The first-order valence-corrected chi connectivity index (χ1v) is 11.4. The third-order valence-corrected chi connectivity index (χ3v) is 6.87.